The zero-order chi connectivity index (χ0) is 13.1. The fraction of sp³-hybridized carbons (Fsp3) is 0.0714. The van der Waals surface area contributed by atoms with Crippen molar-refractivity contribution in [3.05, 3.63) is 59.4 Å². The van der Waals surface area contributed by atoms with Gasteiger partial charge in [-0.05, 0) is 36.8 Å². The highest BCUT2D eigenvalue weighted by Gasteiger charge is 2.13. The second-order valence-electron chi connectivity index (χ2n) is 3.95. The predicted octanol–water partition coefficient (Wildman–Crippen LogP) is 3.21. The predicted molar refractivity (Wildman–Crippen MR) is 68.7 cm³/mol. The molecular formula is C14H13FN2O. The quantitative estimate of drug-likeness (QED) is 0.643. The molecule has 2 rings (SSSR count). The van der Waals surface area contributed by atoms with Crippen LogP contribution in [0.15, 0.2) is 42.5 Å². The van der Waals surface area contributed by atoms with Crippen LogP contribution in [0.2, 0.25) is 0 Å². The van der Waals surface area contributed by atoms with Crippen LogP contribution in [0.3, 0.4) is 0 Å². The second-order valence-corrected chi connectivity index (χ2v) is 3.95. The van der Waals surface area contributed by atoms with Gasteiger partial charge in [-0.1, -0.05) is 18.2 Å². The summed E-state index contributed by atoms with van der Waals surface area (Å²) in [6.07, 6.45) is 0. The first-order valence-electron chi connectivity index (χ1n) is 5.45. The van der Waals surface area contributed by atoms with E-state index in [1.165, 1.54) is 12.1 Å². The number of ether oxygens (including phenoxy) is 1. The van der Waals surface area contributed by atoms with Crippen molar-refractivity contribution < 1.29 is 9.13 Å². The Labute approximate surface area is 105 Å². The van der Waals surface area contributed by atoms with Gasteiger partial charge in [0.05, 0.1) is 5.56 Å². The number of halogens is 1. The first-order valence-corrected chi connectivity index (χ1v) is 5.45. The van der Waals surface area contributed by atoms with Crippen molar-refractivity contribution in [2.45, 2.75) is 6.92 Å². The van der Waals surface area contributed by atoms with Crippen LogP contribution >= 0.6 is 0 Å². The van der Waals surface area contributed by atoms with Gasteiger partial charge in [0.15, 0.2) is 0 Å². The Balaban J connectivity index is 2.40. The number of amidine groups is 1. The van der Waals surface area contributed by atoms with E-state index < -0.39 is 5.82 Å². The monoisotopic (exact) mass is 244 g/mol. The molecule has 92 valence electrons. The van der Waals surface area contributed by atoms with Crippen LogP contribution in [0.5, 0.6) is 11.5 Å². The number of nitrogens with one attached hydrogen (secondary N) is 1. The summed E-state index contributed by atoms with van der Waals surface area (Å²) in [4.78, 5) is 0. The van der Waals surface area contributed by atoms with Crippen molar-refractivity contribution in [3.8, 4) is 11.5 Å². The van der Waals surface area contributed by atoms with E-state index in [1.54, 1.807) is 12.1 Å². The van der Waals surface area contributed by atoms with Gasteiger partial charge in [0, 0.05) is 0 Å². The zero-order valence-corrected chi connectivity index (χ0v) is 9.91. The molecule has 0 atom stereocenters. The summed E-state index contributed by atoms with van der Waals surface area (Å²) >= 11 is 0. The SMILES string of the molecule is Cc1cccc(Oc2cccc(F)c2C(=N)N)c1. The summed E-state index contributed by atoms with van der Waals surface area (Å²) < 4.78 is 19.2. The van der Waals surface area contributed by atoms with E-state index in [-0.39, 0.29) is 17.1 Å². The molecule has 0 aromatic heterocycles. The summed E-state index contributed by atoms with van der Waals surface area (Å²) in [5, 5.41) is 7.38. The molecule has 3 N–H and O–H groups in total. The summed E-state index contributed by atoms with van der Waals surface area (Å²) in [5.74, 6) is -0.0837. The molecule has 0 amide bonds. The standard InChI is InChI=1S/C14H13FN2O/c1-9-4-2-5-10(8-9)18-12-7-3-6-11(15)13(12)14(16)17/h2-8H,1H3,(H3,16,17). The van der Waals surface area contributed by atoms with Crippen LogP contribution in [0.4, 0.5) is 4.39 Å². The number of hydrogen-bond donors (Lipinski definition) is 2. The average molecular weight is 244 g/mol. The van der Waals surface area contributed by atoms with Gasteiger partial charge in [-0.2, -0.15) is 0 Å². The van der Waals surface area contributed by atoms with Crippen molar-refractivity contribution in [1.29, 1.82) is 5.41 Å². The van der Waals surface area contributed by atoms with E-state index in [0.717, 1.165) is 5.56 Å². The molecule has 4 heteroatoms. The topological polar surface area (TPSA) is 59.1 Å². The third-order valence-electron chi connectivity index (χ3n) is 2.46. The van der Waals surface area contributed by atoms with Gasteiger partial charge in [-0.25, -0.2) is 4.39 Å². The molecule has 0 heterocycles. The van der Waals surface area contributed by atoms with Crippen molar-refractivity contribution in [1.82, 2.24) is 0 Å². The van der Waals surface area contributed by atoms with Crippen LogP contribution in [-0.2, 0) is 0 Å². The summed E-state index contributed by atoms with van der Waals surface area (Å²) in [6.45, 7) is 1.93. The first kappa shape index (κ1) is 12.1. The van der Waals surface area contributed by atoms with Crippen molar-refractivity contribution in [2.75, 3.05) is 0 Å². The number of aryl methyl sites for hydroxylation is 1. The Morgan fingerprint density at radius 2 is 1.94 bits per heavy atom. The maximum absolute atomic E-state index is 13.6. The van der Waals surface area contributed by atoms with Crippen LogP contribution in [0.25, 0.3) is 0 Å². The van der Waals surface area contributed by atoms with Gasteiger partial charge in [-0.15, -0.1) is 0 Å². The first-order chi connectivity index (χ1) is 8.58. The Hall–Kier alpha value is -2.36. The lowest BCUT2D eigenvalue weighted by Gasteiger charge is -2.11. The highest BCUT2D eigenvalue weighted by molar-refractivity contribution is 5.98. The van der Waals surface area contributed by atoms with Crippen molar-refractivity contribution in [3.63, 3.8) is 0 Å². The van der Waals surface area contributed by atoms with Gasteiger partial charge in [0.1, 0.15) is 23.2 Å². The summed E-state index contributed by atoms with van der Waals surface area (Å²) in [7, 11) is 0. The lowest BCUT2D eigenvalue weighted by atomic mass is 10.1. The Kier molecular flexibility index (Phi) is 3.28. The molecule has 2 aromatic rings. The van der Waals surface area contributed by atoms with E-state index in [0.29, 0.717) is 5.75 Å². The largest absolute Gasteiger partial charge is 0.456 e. The van der Waals surface area contributed by atoms with Gasteiger partial charge in [-0.3, -0.25) is 5.41 Å². The molecule has 0 saturated heterocycles. The van der Waals surface area contributed by atoms with Gasteiger partial charge in [0.25, 0.3) is 0 Å². The van der Waals surface area contributed by atoms with Crippen molar-refractivity contribution >= 4 is 5.84 Å². The third-order valence-corrected chi connectivity index (χ3v) is 2.46. The number of benzene rings is 2. The highest BCUT2D eigenvalue weighted by Crippen LogP contribution is 2.27. The number of nitrogen functional groups attached to an aromatic ring is 1. The molecular weight excluding hydrogens is 231 g/mol. The molecule has 3 nitrogen and oxygen atoms in total. The molecule has 0 saturated carbocycles. The maximum atomic E-state index is 13.6. The van der Waals surface area contributed by atoms with Crippen molar-refractivity contribution in [2.24, 2.45) is 5.73 Å². The van der Waals surface area contributed by atoms with Gasteiger partial charge < -0.3 is 10.5 Å². The van der Waals surface area contributed by atoms with E-state index in [9.17, 15) is 4.39 Å². The van der Waals surface area contributed by atoms with E-state index in [2.05, 4.69) is 0 Å². The molecule has 0 radical (unpaired) electrons. The molecule has 0 aliphatic carbocycles. The number of hydrogen-bond acceptors (Lipinski definition) is 2. The van der Waals surface area contributed by atoms with Crippen LogP contribution < -0.4 is 10.5 Å². The molecule has 0 aliphatic rings. The maximum Gasteiger partial charge on any atom is 0.141 e. The van der Waals surface area contributed by atoms with Gasteiger partial charge >= 0.3 is 0 Å². The van der Waals surface area contributed by atoms with Gasteiger partial charge in [0.2, 0.25) is 0 Å². The van der Waals surface area contributed by atoms with Crippen LogP contribution in [-0.4, -0.2) is 5.84 Å². The minimum Gasteiger partial charge on any atom is -0.456 e. The minimum atomic E-state index is -0.562. The molecule has 0 spiro atoms. The fourth-order valence-electron chi connectivity index (χ4n) is 1.66. The Morgan fingerprint density at radius 1 is 1.22 bits per heavy atom. The molecule has 18 heavy (non-hydrogen) atoms. The third kappa shape index (κ3) is 2.48. The summed E-state index contributed by atoms with van der Waals surface area (Å²) in [6, 6.07) is 11.7. The number of nitrogens with two attached hydrogens (primary N) is 1. The smallest absolute Gasteiger partial charge is 0.141 e. The van der Waals surface area contributed by atoms with E-state index in [1.807, 2.05) is 25.1 Å². The van der Waals surface area contributed by atoms with Crippen LogP contribution in [0, 0.1) is 18.2 Å². The Morgan fingerprint density at radius 3 is 2.61 bits per heavy atom. The van der Waals surface area contributed by atoms with E-state index >= 15 is 0 Å². The summed E-state index contributed by atoms with van der Waals surface area (Å²) in [5.41, 5.74) is 6.38. The lowest BCUT2D eigenvalue weighted by molar-refractivity contribution is 0.474. The van der Waals surface area contributed by atoms with E-state index in [4.69, 9.17) is 15.9 Å². The van der Waals surface area contributed by atoms with Crippen LogP contribution in [0.1, 0.15) is 11.1 Å². The molecule has 0 aliphatic heterocycles. The lowest BCUT2D eigenvalue weighted by Crippen LogP contribution is -2.14. The molecule has 0 bridgehead atoms. The Bertz CT molecular complexity index is 596. The zero-order valence-electron chi connectivity index (χ0n) is 9.91. The molecule has 0 unspecified atom stereocenters. The average Bonchev–Trinajstić information content (AvgIpc) is 2.28. The second kappa shape index (κ2) is 4.87. The highest BCUT2D eigenvalue weighted by atomic mass is 19.1. The molecule has 0 fully saturated rings. The molecule has 2 aromatic carbocycles. The fourth-order valence-corrected chi connectivity index (χ4v) is 1.66. The normalized spacial score (nSPS) is 10.1. The minimum absolute atomic E-state index is 0.0148. The number of rotatable bonds is 3.